The van der Waals surface area contributed by atoms with E-state index >= 15 is 0 Å². The Labute approximate surface area is 105 Å². The van der Waals surface area contributed by atoms with Gasteiger partial charge in [0.2, 0.25) is 0 Å². The van der Waals surface area contributed by atoms with Crippen molar-refractivity contribution in [2.45, 2.75) is 26.3 Å². The summed E-state index contributed by atoms with van der Waals surface area (Å²) in [6.07, 6.45) is 1.53. The molecule has 0 radical (unpaired) electrons. The van der Waals surface area contributed by atoms with Gasteiger partial charge in [-0.3, -0.25) is 14.6 Å². The van der Waals surface area contributed by atoms with Crippen LogP contribution >= 0.6 is 0 Å². The van der Waals surface area contributed by atoms with Crippen LogP contribution < -0.4 is 10.6 Å². The number of aromatic nitrogens is 1. The van der Waals surface area contributed by atoms with Gasteiger partial charge in [-0.25, -0.2) is 0 Å². The summed E-state index contributed by atoms with van der Waals surface area (Å²) >= 11 is 0. The molecule has 98 valence electrons. The number of nitrogens with zero attached hydrogens (tertiary/aromatic N) is 2. The summed E-state index contributed by atoms with van der Waals surface area (Å²) in [5.74, 6) is -1.45. The molecule has 0 aliphatic heterocycles. The molecular formula is C12H17N3O3. The molecule has 1 aromatic rings. The van der Waals surface area contributed by atoms with E-state index in [0.29, 0.717) is 6.54 Å². The highest BCUT2D eigenvalue weighted by Crippen LogP contribution is 2.17. The third-order valence-electron chi connectivity index (χ3n) is 2.52. The minimum Gasteiger partial charge on any atom is -0.481 e. The quantitative estimate of drug-likeness (QED) is 0.782. The fraction of sp³-hybridized carbons (Fsp3) is 0.417. The van der Waals surface area contributed by atoms with E-state index in [1.54, 1.807) is 12.1 Å². The summed E-state index contributed by atoms with van der Waals surface area (Å²) in [6.45, 7) is 4.27. The van der Waals surface area contributed by atoms with Crippen molar-refractivity contribution in [3.05, 3.63) is 24.0 Å². The number of carbonyl (C=O) groups is 2. The van der Waals surface area contributed by atoms with Crippen molar-refractivity contribution in [3.8, 4) is 0 Å². The monoisotopic (exact) mass is 251 g/mol. The van der Waals surface area contributed by atoms with Crippen LogP contribution in [0.1, 0.15) is 30.8 Å². The third-order valence-corrected chi connectivity index (χ3v) is 2.52. The maximum Gasteiger partial charge on any atom is 0.305 e. The van der Waals surface area contributed by atoms with Gasteiger partial charge in [0.1, 0.15) is 5.69 Å². The Bertz CT molecular complexity index is 446. The summed E-state index contributed by atoms with van der Waals surface area (Å²) in [5.41, 5.74) is 6.09. The first kappa shape index (κ1) is 14.0. The Hall–Kier alpha value is -2.11. The predicted molar refractivity (Wildman–Crippen MR) is 67.5 cm³/mol. The maximum atomic E-state index is 11.1. The number of rotatable bonds is 6. The molecule has 18 heavy (non-hydrogen) atoms. The van der Waals surface area contributed by atoms with Gasteiger partial charge in [0.05, 0.1) is 6.42 Å². The SMILES string of the molecule is CC(C)N(CCC(=O)O)c1ccnc(C(N)=O)c1. The van der Waals surface area contributed by atoms with E-state index in [9.17, 15) is 9.59 Å². The van der Waals surface area contributed by atoms with E-state index in [4.69, 9.17) is 10.8 Å². The summed E-state index contributed by atoms with van der Waals surface area (Å²) < 4.78 is 0. The second-order valence-electron chi connectivity index (χ2n) is 4.19. The smallest absolute Gasteiger partial charge is 0.305 e. The molecule has 1 rings (SSSR count). The number of amides is 1. The molecule has 0 unspecified atom stereocenters. The third kappa shape index (κ3) is 3.73. The van der Waals surface area contributed by atoms with Gasteiger partial charge in [-0.2, -0.15) is 0 Å². The van der Waals surface area contributed by atoms with E-state index in [0.717, 1.165) is 5.69 Å². The molecule has 0 saturated heterocycles. The number of aliphatic carboxylic acids is 1. The van der Waals surface area contributed by atoms with E-state index in [2.05, 4.69) is 4.98 Å². The van der Waals surface area contributed by atoms with E-state index < -0.39 is 11.9 Å². The van der Waals surface area contributed by atoms with Crippen LogP contribution in [0.3, 0.4) is 0 Å². The number of anilines is 1. The average Bonchev–Trinajstić information content (AvgIpc) is 2.28. The number of carboxylic acids is 1. The molecule has 0 bridgehead atoms. The van der Waals surface area contributed by atoms with Crippen LogP contribution in [0.5, 0.6) is 0 Å². The van der Waals surface area contributed by atoms with Crippen LogP contribution in [0.4, 0.5) is 5.69 Å². The number of hydrogen-bond acceptors (Lipinski definition) is 4. The Morgan fingerprint density at radius 1 is 1.50 bits per heavy atom. The molecule has 0 spiro atoms. The molecule has 0 aromatic carbocycles. The fourth-order valence-corrected chi connectivity index (χ4v) is 1.63. The van der Waals surface area contributed by atoms with Crippen LogP contribution in [0.15, 0.2) is 18.3 Å². The molecule has 6 heteroatoms. The molecule has 0 atom stereocenters. The zero-order chi connectivity index (χ0) is 13.7. The number of carboxylic acid groups (broad SMARTS) is 1. The van der Waals surface area contributed by atoms with Gasteiger partial charge < -0.3 is 15.7 Å². The van der Waals surface area contributed by atoms with Crippen LogP contribution in [0.25, 0.3) is 0 Å². The molecule has 0 aliphatic rings. The van der Waals surface area contributed by atoms with Gasteiger partial charge in [-0.1, -0.05) is 0 Å². The molecule has 1 heterocycles. The zero-order valence-corrected chi connectivity index (χ0v) is 10.5. The van der Waals surface area contributed by atoms with Gasteiger partial charge in [0.25, 0.3) is 5.91 Å². The number of carbonyl (C=O) groups excluding carboxylic acids is 1. The Kier molecular flexibility index (Phi) is 4.65. The average molecular weight is 251 g/mol. The first-order valence-electron chi connectivity index (χ1n) is 5.66. The Balaban J connectivity index is 2.94. The summed E-state index contributed by atoms with van der Waals surface area (Å²) in [6, 6.07) is 3.42. The normalized spacial score (nSPS) is 10.4. The van der Waals surface area contributed by atoms with Crippen LogP contribution in [-0.2, 0) is 4.79 Å². The van der Waals surface area contributed by atoms with E-state index in [-0.39, 0.29) is 18.2 Å². The number of hydrogen-bond donors (Lipinski definition) is 2. The second-order valence-corrected chi connectivity index (χ2v) is 4.19. The highest BCUT2D eigenvalue weighted by atomic mass is 16.4. The first-order chi connectivity index (χ1) is 8.41. The number of nitrogens with two attached hydrogens (primary N) is 1. The number of primary amides is 1. The van der Waals surface area contributed by atoms with Gasteiger partial charge in [0, 0.05) is 24.5 Å². The number of pyridine rings is 1. The zero-order valence-electron chi connectivity index (χ0n) is 10.5. The minimum absolute atomic E-state index is 0.0341. The molecular weight excluding hydrogens is 234 g/mol. The minimum atomic E-state index is -0.857. The molecule has 6 nitrogen and oxygen atoms in total. The summed E-state index contributed by atoms with van der Waals surface area (Å²) in [5, 5.41) is 8.72. The topological polar surface area (TPSA) is 96.5 Å². The van der Waals surface area contributed by atoms with Gasteiger partial charge in [0.15, 0.2) is 0 Å². The second kappa shape index (κ2) is 6.00. The standard InChI is InChI=1S/C12H17N3O3/c1-8(2)15(6-4-11(16)17)9-3-5-14-10(7-9)12(13)18/h3,5,7-8H,4,6H2,1-2H3,(H2,13,18)(H,16,17). The Morgan fingerprint density at radius 3 is 2.67 bits per heavy atom. The highest BCUT2D eigenvalue weighted by Gasteiger charge is 2.14. The van der Waals surface area contributed by atoms with Crippen molar-refractivity contribution in [1.82, 2.24) is 4.98 Å². The summed E-state index contributed by atoms with van der Waals surface area (Å²) in [4.78, 5) is 27.4. The lowest BCUT2D eigenvalue weighted by Crippen LogP contribution is -2.33. The predicted octanol–water partition coefficient (Wildman–Crippen LogP) is 0.870. The van der Waals surface area contributed by atoms with Crippen molar-refractivity contribution >= 4 is 17.6 Å². The molecule has 1 amide bonds. The maximum absolute atomic E-state index is 11.1. The van der Waals surface area contributed by atoms with Gasteiger partial charge in [-0.15, -0.1) is 0 Å². The van der Waals surface area contributed by atoms with Gasteiger partial charge in [-0.05, 0) is 26.0 Å². The van der Waals surface area contributed by atoms with Crippen molar-refractivity contribution < 1.29 is 14.7 Å². The molecule has 1 aromatic heterocycles. The summed E-state index contributed by atoms with van der Waals surface area (Å²) in [7, 11) is 0. The van der Waals surface area contributed by atoms with Crippen molar-refractivity contribution in [1.29, 1.82) is 0 Å². The van der Waals surface area contributed by atoms with E-state index in [1.807, 2.05) is 18.7 Å². The van der Waals surface area contributed by atoms with Crippen LogP contribution in [0.2, 0.25) is 0 Å². The molecule has 0 fully saturated rings. The van der Waals surface area contributed by atoms with Crippen LogP contribution in [0, 0.1) is 0 Å². The largest absolute Gasteiger partial charge is 0.481 e. The lowest BCUT2D eigenvalue weighted by molar-refractivity contribution is -0.136. The molecule has 0 saturated carbocycles. The van der Waals surface area contributed by atoms with Crippen molar-refractivity contribution in [2.24, 2.45) is 5.73 Å². The van der Waals surface area contributed by atoms with Gasteiger partial charge >= 0.3 is 5.97 Å². The van der Waals surface area contributed by atoms with E-state index in [1.165, 1.54) is 6.20 Å². The molecule has 3 N–H and O–H groups in total. The lowest BCUT2D eigenvalue weighted by atomic mass is 10.2. The fourth-order valence-electron chi connectivity index (χ4n) is 1.63. The van der Waals surface area contributed by atoms with Crippen molar-refractivity contribution in [3.63, 3.8) is 0 Å². The van der Waals surface area contributed by atoms with Crippen LogP contribution in [-0.4, -0.2) is 34.6 Å². The Morgan fingerprint density at radius 2 is 2.17 bits per heavy atom. The highest BCUT2D eigenvalue weighted by molar-refractivity contribution is 5.91. The molecule has 0 aliphatic carbocycles. The van der Waals surface area contributed by atoms with Crippen molar-refractivity contribution in [2.75, 3.05) is 11.4 Å². The first-order valence-corrected chi connectivity index (χ1v) is 5.66. The lowest BCUT2D eigenvalue weighted by Gasteiger charge is -2.28.